The molecule has 2 heterocycles. The molecule has 0 aliphatic carbocycles. The Hall–Kier alpha value is -7.56. The molecule has 0 amide bonds. The number of hydrogen-bond donors (Lipinski definition) is 8. The van der Waals surface area contributed by atoms with Crippen molar-refractivity contribution >= 4 is 48.2 Å². The van der Waals surface area contributed by atoms with E-state index in [1.54, 1.807) is 0 Å². The van der Waals surface area contributed by atoms with Crippen LogP contribution in [-0.4, -0.2) is 146 Å². The third-order valence-electron chi connectivity index (χ3n) is 10.4. The predicted octanol–water partition coefficient (Wildman–Crippen LogP) is 2.49. The third-order valence-corrected chi connectivity index (χ3v) is 10.4. The van der Waals surface area contributed by atoms with E-state index in [2.05, 4.69) is 0 Å². The van der Waals surface area contributed by atoms with E-state index in [0.29, 0.717) is 22.3 Å². The molecule has 0 unspecified atom stereocenters. The van der Waals surface area contributed by atoms with Crippen molar-refractivity contribution in [2.24, 2.45) is 0 Å². The zero-order chi connectivity index (χ0) is 49.7. The highest BCUT2D eigenvalue weighted by atomic mass is 16.8. The van der Waals surface area contributed by atoms with E-state index in [9.17, 15) is 60.0 Å². The van der Waals surface area contributed by atoms with Gasteiger partial charge < -0.3 is 78.7 Å². The number of methoxy groups -OCH3 is 1. The second kappa shape index (κ2) is 23.4. The Bertz CT molecular complexity index is 2520. The number of phenolic OH excluding ortho intramolecular Hbond substituents is 4. The molecular formula is C49H48O20. The van der Waals surface area contributed by atoms with E-state index in [0.717, 1.165) is 24.3 Å². The molecule has 6 rings (SSSR count). The summed E-state index contributed by atoms with van der Waals surface area (Å²) in [7, 11) is 1.34. The van der Waals surface area contributed by atoms with Gasteiger partial charge in [0.1, 0.15) is 73.7 Å². The van der Waals surface area contributed by atoms with Gasteiger partial charge in [-0.2, -0.15) is 0 Å². The monoisotopic (exact) mass is 956 g/mol. The molecule has 20 nitrogen and oxygen atoms in total. The molecule has 2 aliphatic heterocycles. The lowest BCUT2D eigenvalue weighted by atomic mass is 9.98. The number of aliphatic hydroxyl groups is 4. The van der Waals surface area contributed by atoms with E-state index >= 15 is 0 Å². The Morgan fingerprint density at radius 1 is 0.551 bits per heavy atom. The first-order chi connectivity index (χ1) is 33.0. The number of rotatable bonds is 18. The fourth-order valence-corrected chi connectivity index (χ4v) is 6.75. The molecule has 8 N–H and O–H groups in total. The van der Waals surface area contributed by atoms with Gasteiger partial charge in [-0.3, -0.25) is 0 Å². The number of phenols is 4. The number of aromatic hydroxyl groups is 4. The largest absolute Gasteiger partial charge is 0.508 e. The Balaban J connectivity index is 1.27. The predicted molar refractivity (Wildman–Crippen MR) is 239 cm³/mol. The highest BCUT2D eigenvalue weighted by Crippen LogP contribution is 2.39. The fraction of sp³-hybridized carbons (Fsp3) is 0.265. The Kier molecular flexibility index (Phi) is 17.3. The van der Waals surface area contributed by atoms with Crippen LogP contribution in [0.1, 0.15) is 22.3 Å². The molecule has 2 saturated heterocycles. The number of carbonyl (C=O) groups excluding carboxylic acids is 4. The van der Waals surface area contributed by atoms with Crippen molar-refractivity contribution in [3.8, 4) is 28.7 Å². The molecule has 69 heavy (non-hydrogen) atoms. The van der Waals surface area contributed by atoms with Gasteiger partial charge in [0, 0.05) is 24.3 Å². The van der Waals surface area contributed by atoms with Crippen molar-refractivity contribution < 1.29 is 97.9 Å². The van der Waals surface area contributed by atoms with Crippen molar-refractivity contribution in [3.63, 3.8) is 0 Å². The highest BCUT2D eigenvalue weighted by molar-refractivity contribution is 5.89. The van der Waals surface area contributed by atoms with Crippen molar-refractivity contribution in [1.29, 1.82) is 0 Å². The Morgan fingerprint density at radius 3 is 1.51 bits per heavy atom. The zero-order valence-electron chi connectivity index (χ0n) is 36.5. The zero-order valence-corrected chi connectivity index (χ0v) is 36.5. The number of hydrogen-bond acceptors (Lipinski definition) is 20. The standard InChI is InChI=1S/C49H48O20/c1-62-36-24-31(8-19-35(36)53)12-22-40(55)63-25-37-43(58)45(60)46(61)48(66-37)69-49(27-65-41(56)21-10-29-4-15-33(51)16-5-29)47(67-42(57)23-11-30-6-17-34(52)18-7-30)44(59)38(68-49)26-64-39(54)20-9-28-2-13-32(50)14-3-28/h2-24,37-38,43-48,50-53,58-61H,25-27H2,1H3/b20-9+,21-10+,22-12+,23-11+/t37-,38-,43+,44-,45+,46-,47+,48-,49+/m1/s1. The van der Waals surface area contributed by atoms with Crippen LogP contribution in [0, 0.1) is 0 Å². The van der Waals surface area contributed by atoms with Crippen LogP contribution in [0.5, 0.6) is 28.7 Å². The number of esters is 4. The van der Waals surface area contributed by atoms with Crippen molar-refractivity contribution in [2.75, 3.05) is 26.9 Å². The van der Waals surface area contributed by atoms with Gasteiger partial charge in [0.2, 0.25) is 5.79 Å². The smallest absolute Gasteiger partial charge is 0.331 e. The highest BCUT2D eigenvalue weighted by Gasteiger charge is 2.62. The second-order valence-corrected chi connectivity index (χ2v) is 15.4. The van der Waals surface area contributed by atoms with E-state index < -0.39 is 98.5 Å². The van der Waals surface area contributed by atoms with Crippen molar-refractivity contribution in [3.05, 3.63) is 138 Å². The van der Waals surface area contributed by atoms with Crippen LogP contribution in [0.25, 0.3) is 24.3 Å². The number of aliphatic hydroxyl groups excluding tert-OH is 4. The number of carbonyl (C=O) groups is 4. The Morgan fingerprint density at radius 2 is 1.00 bits per heavy atom. The number of ether oxygens (including phenoxy) is 8. The first-order valence-corrected chi connectivity index (χ1v) is 20.9. The second-order valence-electron chi connectivity index (χ2n) is 15.4. The molecule has 4 aromatic rings. The van der Waals surface area contributed by atoms with Gasteiger partial charge in [-0.15, -0.1) is 0 Å². The van der Waals surface area contributed by atoms with Crippen LogP contribution < -0.4 is 4.74 Å². The lowest BCUT2D eigenvalue weighted by molar-refractivity contribution is -0.383. The summed E-state index contributed by atoms with van der Waals surface area (Å²) in [6.45, 7) is -2.57. The topological polar surface area (TPSA) is 304 Å². The summed E-state index contributed by atoms with van der Waals surface area (Å²) < 4.78 is 45.0. The van der Waals surface area contributed by atoms with Gasteiger partial charge in [-0.25, -0.2) is 19.2 Å². The van der Waals surface area contributed by atoms with Crippen LogP contribution in [0.4, 0.5) is 0 Å². The first kappa shape index (κ1) is 50.8. The maximum absolute atomic E-state index is 13.5. The molecule has 0 spiro atoms. The van der Waals surface area contributed by atoms with Crippen LogP contribution in [0.2, 0.25) is 0 Å². The quantitative estimate of drug-likeness (QED) is 0.0404. The number of benzene rings is 4. The Labute approximate surface area is 393 Å². The summed E-state index contributed by atoms with van der Waals surface area (Å²) in [5.74, 6) is -6.87. The summed E-state index contributed by atoms with van der Waals surface area (Å²) in [4.78, 5) is 52.4. The minimum atomic E-state index is -2.69. The summed E-state index contributed by atoms with van der Waals surface area (Å²) in [6, 6.07) is 21.5. The molecule has 2 aliphatic rings. The van der Waals surface area contributed by atoms with Crippen LogP contribution >= 0.6 is 0 Å². The summed E-state index contributed by atoms with van der Waals surface area (Å²) >= 11 is 0. The SMILES string of the molecule is COc1cc(/C=C/C(=O)OC[C@H]2O[C@H](O[C@]3(COC(=O)/C=C/c4ccc(O)cc4)O[C@H](COC(=O)/C=C/c4ccc(O)cc4)[C@@H](O)[C@@H]3OC(=O)/C=C/c3ccc(O)cc3)[C@H](O)[C@@H](O)[C@H]2O)ccc1O. The molecule has 2 fully saturated rings. The lowest BCUT2D eigenvalue weighted by Gasteiger charge is -2.43. The molecule has 20 heteroatoms. The van der Waals surface area contributed by atoms with Gasteiger partial charge >= 0.3 is 23.9 Å². The summed E-state index contributed by atoms with van der Waals surface area (Å²) in [5, 5.41) is 83.7. The average Bonchev–Trinajstić information content (AvgIpc) is 3.59. The maximum Gasteiger partial charge on any atom is 0.331 e. The molecule has 9 atom stereocenters. The minimum Gasteiger partial charge on any atom is -0.508 e. The minimum absolute atomic E-state index is 0.00809. The lowest BCUT2D eigenvalue weighted by Crippen LogP contribution is -2.63. The first-order valence-electron chi connectivity index (χ1n) is 20.9. The normalized spacial score (nSPS) is 24.7. The van der Waals surface area contributed by atoms with Crippen molar-refractivity contribution in [2.45, 2.75) is 54.8 Å². The molecule has 4 aromatic carbocycles. The maximum atomic E-state index is 13.5. The fourth-order valence-electron chi connectivity index (χ4n) is 6.75. The average molecular weight is 957 g/mol. The summed E-state index contributed by atoms with van der Waals surface area (Å²) in [6.07, 6.45) is -6.19. The van der Waals surface area contributed by atoms with Gasteiger partial charge in [0.15, 0.2) is 23.9 Å². The van der Waals surface area contributed by atoms with E-state index in [-0.39, 0.29) is 28.7 Å². The van der Waals surface area contributed by atoms with Gasteiger partial charge in [-0.05, 0) is 95.1 Å². The van der Waals surface area contributed by atoms with Gasteiger partial charge in [0.25, 0.3) is 0 Å². The molecule has 0 saturated carbocycles. The van der Waals surface area contributed by atoms with Crippen LogP contribution in [0.15, 0.2) is 115 Å². The summed E-state index contributed by atoms with van der Waals surface area (Å²) in [5.41, 5.74) is 1.85. The molecule has 0 bridgehead atoms. The van der Waals surface area contributed by atoms with Crippen LogP contribution in [-0.2, 0) is 52.3 Å². The van der Waals surface area contributed by atoms with Gasteiger partial charge in [0.05, 0.1) is 7.11 Å². The molecule has 364 valence electrons. The van der Waals surface area contributed by atoms with E-state index in [1.807, 2.05) is 0 Å². The van der Waals surface area contributed by atoms with E-state index in [1.165, 1.54) is 122 Å². The third kappa shape index (κ3) is 14.0. The van der Waals surface area contributed by atoms with E-state index in [4.69, 9.17) is 37.9 Å². The molecular weight excluding hydrogens is 909 g/mol. The molecule has 0 radical (unpaired) electrons. The molecule has 0 aromatic heterocycles. The van der Waals surface area contributed by atoms with Gasteiger partial charge in [-0.1, -0.05) is 42.5 Å². The van der Waals surface area contributed by atoms with Crippen LogP contribution in [0.3, 0.4) is 0 Å². The van der Waals surface area contributed by atoms with Crippen molar-refractivity contribution in [1.82, 2.24) is 0 Å².